The van der Waals surface area contributed by atoms with E-state index in [1.165, 1.54) is 0 Å². The Kier molecular flexibility index (Phi) is 5.04. The third-order valence-electron chi connectivity index (χ3n) is 4.11. The first-order valence-corrected chi connectivity index (χ1v) is 8.66. The van der Waals surface area contributed by atoms with E-state index in [1.807, 2.05) is 29.2 Å². The lowest BCUT2D eigenvalue weighted by atomic mass is 10.2. The number of hydrogen-bond donors (Lipinski definition) is 0. The van der Waals surface area contributed by atoms with Crippen LogP contribution in [-0.2, 0) is 13.6 Å². The average Bonchev–Trinajstić information content (AvgIpc) is 2.88. The average molecular weight is 398 g/mol. The minimum Gasteiger partial charge on any atom is -0.335 e. The molecule has 2 aromatic rings. The summed E-state index contributed by atoms with van der Waals surface area (Å²) in [5.74, 6) is 0.0225. The first-order valence-electron chi connectivity index (χ1n) is 7.49. The second kappa shape index (κ2) is 7.03. The number of carbonyl (C=O) groups excluding carboxylic acids is 1. The molecule has 1 aliphatic heterocycles. The summed E-state index contributed by atoms with van der Waals surface area (Å²) in [6.07, 6.45) is 1.65. The summed E-state index contributed by atoms with van der Waals surface area (Å²) in [5.41, 5.74) is 1.73. The normalized spacial score (nSPS) is 15.9. The predicted molar refractivity (Wildman–Crippen MR) is 93.5 cm³/mol. The highest BCUT2D eigenvalue weighted by Crippen LogP contribution is 2.20. The van der Waals surface area contributed by atoms with Gasteiger partial charge in [-0.15, -0.1) is 0 Å². The number of aryl methyl sites for hydroxylation is 1. The van der Waals surface area contributed by atoms with Crippen molar-refractivity contribution in [2.45, 2.75) is 6.54 Å². The van der Waals surface area contributed by atoms with Crippen LogP contribution in [0.1, 0.15) is 16.1 Å². The number of halogens is 2. The zero-order valence-corrected chi connectivity index (χ0v) is 15.2. The van der Waals surface area contributed by atoms with Crippen LogP contribution in [0, 0.1) is 0 Å². The second-order valence-electron chi connectivity index (χ2n) is 5.62. The van der Waals surface area contributed by atoms with Gasteiger partial charge < -0.3 is 4.90 Å². The number of nitrogens with zero attached hydrogens (tertiary/aromatic N) is 4. The Morgan fingerprint density at radius 1 is 1.26 bits per heavy atom. The Balaban J connectivity index is 1.60. The van der Waals surface area contributed by atoms with Crippen molar-refractivity contribution in [2.24, 2.45) is 7.05 Å². The minimum absolute atomic E-state index is 0.0225. The molecule has 0 unspecified atom stereocenters. The molecule has 0 spiro atoms. The molecule has 0 aliphatic carbocycles. The smallest absolute Gasteiger partial charge is 0.273 e. The summed E-state index contributed by atoms with van der Waals surface area (Å²) >= 11 is 9.61. The van der Waals surface area contributed by atoms with Gasteiger partial charge in [0.25, 0.3) is 5.91 Å². The Morgan fingerprint density at radius 3 is 2.57 bits per heavy atom. The third kappa shape index (κ3) is 3.59. The molecule has 0 atom stereocenters. The number of carbonyl (C=O) groups is 1. The number of hydrogen-bond acceptors (Lipinski definition) is 3. The van der Waals surface area contributed by atoms with E-state index in [0.717, 1.165) is 34.7 Å². The van der Waals surface area contributed by atoms with Gasteiger partial charge in [0.05, 0.1) is 10.7 Å². The zero-order chi connectivity index (χ0) is 16.4. The molecule has 1 saturated heterocycles. The Morgan fingerprint density at radius 2 is 1.96 bits per heavy atom. The maximum atomic E-state index is 12.6. The van der Waals surface area contributed by atoms with Crippen LogP contribution in [0.4, 0.5) is 0 Å². The SMILES string of the molecule is Cn1ncc(Br)c1C(=O)N1CCN(Cc2ccccc2Cl)CC1. The van der Waals surface area contributed by atoms with Crippen molar-refractivity contribution in [1.82, 2.24) is 19.6 Å². The molecule has 5 nitrogen and oxygen atoms in total. The van der Waals surface area contributed by atoms with E-state index in [-0.39, 0.29) is 5.91 Å². The molecule has 23 heavy (non-hydrogen) atoms. The second-order valence-corrected chi connectivity index (χ2v) is 6.89. The lowest BCUT2D eigenvalue weighted by Crippen LogP contribution is -2.48. The molecule has 2 heterocycles. The maximum Gasteiger partial charge on any atom is 0.273 e. The number of rotatable bonds is 3. The van der Waals surface area contributed by atoms with Crippen molar-refractivity contribution in [2.75, 3.05) is 26.2 Å². The van der Waals surface area contributed by atoms with Crippen LogP contribution in [0.5, 0.6) is 0 Å². The standard InChI is InChI=1S/C16H18BrClN4O/c1-20-15(13(17)10-19-20)16(23)22-8-6-21(7-9-22)11-12-4-2-3-5-14(12)18/h2-5,10H,6-9,11H2,1H3. The quantitative estimate of drug-likeness (QED) is 0.800. The zero-order valence-electron chi connectivity index (χ0n) is 12.9. The lowest BCUT2D eigenvalue weighted by Gasteiger charge is -2.34. The fourth-order valence-electron chi connectivity index (χ4n) is 2.78. The minimum atomic E-state index is 0.0225. The van der Waals surface area contributed by atoms with Gasteiger partial charge >= 0.3 is 0 Å². The summed E-state index contributed by atoms with van der Waals surface area (Å²) in [4.78, 5) is 16.8. The number of aromatic nitrogens is 2. The molecular formula is C16H18BrClN4O. The van der Waals surface area contributed by atoms with Gasteiger partial charge in [-0.05, 0) is 27.6 Å². The van der Waals surface area contributed by atoms with Crippen molar-refractivity contribution >= 4 is 33.4 Å². The van der Waals surface area contributed by atoms with E-state index in [1.54, 1.807) is 17.9 Å². The predicted octanol–water partition coefficient (Wildman–Crippen LogP) is 2.79. The molecule has 0 radical (unpaired) electrons. The monoisotopic (exact) mass is 396 g/mol. The summed E-state index contributed by atoms with van der Waals surface area (Å²) < 4.78 is 2.35. The lowest BCUT2D eigenvalue weighted by molar-refractivity contribution is 0.0617. The largest absolute Gasteiger partial charge is 0.335 e. The molecule has 3 rings (SSSR count). The van der Waals surface area contributed by atoms with Crippen LogP contribution < -0.4 is 0 Å². The van der Waals surface area contributed by atoms with Crippen LogP contribution in [0.2, 0.25) is 5.02 Å². The van der Waals surface area contributed by atoms with E-state index in [9.17, 15) is 4.79 Å². The van der Waals surface area contributed by atoms with Gasteiger partial charge in [0.1, 0.15) is 5.69 Å². The Bertz CT molecular complexity index is 690. The van der Waals surface area contributed by atoms with Gasteiger partial charge in [-0.25, -0.2) is 0 Å². The van der Waals surface area contributed by atoms with Crippen molar-refractivity contribution in [3.63, 3.8) is 0 Å². The molecule has 1 aromatic carbocycles. The summed E-state index contributed by atoms with van der Waals surface area (Å²) in [6.45, 7) is 3.91. The molecule has 0 saturated carbocycles. The summed E-state index contributed by atoms with van der Waals surface area (Å²) in [5, 5.41) is 4.91. The topological polar surface area (TPSA) is 41.4 Å². The first kappa shape index (κ1) is 16.5. The van der Waals surface area contributed by atoms with Gasteiger partial charge in [0, 0.05) is 44.8 Å². The molecule has 7 heteroatoms. The Labute approximate surface area is 148 Å². The molecule has 0 N–H and O–H groups in total. The highest BCUT2D eigenvalue weighted by molar-refractivity contribution is 9.10. The van der Waals surface area contributed by atoms with Crippen molar-refractivity contribution in [3.8, 4) is 0 Å². The van der Waals surface area contributed by atoms with Gasteiger partial charge in [-0.1, -0.05) is 29.8 Å². The Hall–Kier alpha value is -1.37. The third-order valence-corrected chi connectivity index (χ3v) is 5.06. The molecule has 122 valence electrons. The molecule has 1 aromatic heterocycles. The summed E-state index contributed by atoms with van der Waals surface area (Å²) in [6, 6.07) is 7.90. The van der Waals surface area contributed by atoms with Crippen LogP contribution in [0.25, 0.3) is 0 Å². The van der Waals surface area contributed by atoms with E-state index in [4.69, 9.17) is 11.6 Å². The molecule has 1 fully saturated rings. The molecular weight excluding hydrogens is 380 g/mol. The molecule has 1 aliphatic rings. The number of benzene rings is 1. The number of piperazine rings is 1. The van der Waals surface area contributed by atoms with E-state index < -0.39 is 0 Å². The van der Waals surface area contributed by atoms with Gasteiger partial charge in [0.2, 0.25) is 0 Å². The highest BCUT2D eigenvalue weighted by Gasteiger charge is 2.26. The van der Waals surface area contributed by atoms with Crippen LogP contribution >= 0.6 is 27.5 Å². The summed E-state index contributed by atoms with van der Waals surface area (Å²) in [7, 11) is 1.78. The van der Waals surface area contributed by atoms with Crippen molar-refractivity contribution in [1.29, 1.82) is 0 Å². The molecule has 1 amide bonds. The van der Waals surface area contributed by atoms with E-state index in [2.05, 4.69) is 25.9 Å². The van der Waals surface area contributed by atoms with Gasteiger partial charge in [-0.3, -0.25) is 14.4 Å². The van der Waals surface area contributed by atoms with Crippen LogP contribution in [0.15, 0.2) is 34.9 Å². The van der Waals surface area contributed by atoms with E-state index >= 15 is 0 Å². The highest BCUT2D eigenvalue weighted by atomic mass is 79.9. The fourth-order valence-corrected chi connectivity index (χ4v) is 3.49. The fraction of sp³-hybridized carbons (Fsp3) is 0.375. The van der Waals surface area contributed by atoms with Crippen LogP contribution in [-0.4, -0.2) is 51.7 Å². The van der Waals surface area contributed by atoms with E-state index in [0.29, 0.717) is 18.8 Å². The number of amides is 1. The van der Waals surface area contributed by atoms with Gasteiger partial charge in [-0.2, -0.15) is 5.10 Å². The molecule has 0 bridgehead atoms. The first-order chi connectivity index (χ1) is 11.1. The van der Waals surface area contributed by atoms with Crippen LogP contribution in [0.3, 0.4) is 0 Å². The van der Waals surface area contributed by atoms with Crippen molar-refractivity contribution < 1.29 is 4.79 Å². The van der Waals surface area contributed by atoms with Crippen molar-refractivity contribution in [3.05, 3.63) is 51.2 Å². The van der Waals surface area contributed by atoms with Gasteiger partial charge in [0.15, 0.2) is 0 Å². The maximum absolute atomic E-state index is 12.6.